The first-order chi connectivity index (χ1) is 7.15. The van der Waals surface area contributed by atoms with Crippen LogP contribution in [-0.4, -0.2) is 10.2 Å². The van der Waals surface area contributed by atoms with E-state index in [4.69, 9.17) is 33.4 Å². The van der Waals surface area contributed by atoms with Gasteiger partial charge in [-0.1, -0.05) is 33.4 Å². The quantitative estimate of drug-likeness (QED) is 0.850. The second kappa shape index (κ2) is 3.96. The molecule has 0 aliphatic heterocycles. The number of nitrogen functional groups attached to an aromatic ring is 1. The molecule has 3 N–H and O–H groups in total. The van der Waals surface area contributed by atoms with E-state index in [0.717, 1.165) is 0 Å². The van der Waals surface area contributed by atoms with Gasteiger partial charge in [0.2, 0.25) is 0 Å². The van der Waals surface area contributed by atoms with Crippen molar-refractivity contribution in [1.29, 1.82) is 0 Å². The third-order valence-corrected chi connectivity index (χ3v) is 2.16. The van der Waals surface area contributed by atoms with E-state index in [1.54, 1.807) is 18.2 Å². The maximum atomic E-state index is 5.92. The van der Waals surface area contributed by atoms with Crippen LogP contribution < -0.4 is 11.1 Å². The zero-order valence-corrected chi connectivity index (χ0v) is 8.88. The molecule has 0 unspecified atom stereocenters. The average molecular weight is 245 g/mol. The Hall–Kier alpha value is -1.46. The first kappa shape index (κ1) is 10.1. The van der Waals surface area contributed by atoms with Crippen molar-refractivity contribution in [2.75, 3.05) is 11.1 Å². The molecule has 0 aliphatic carbocycles. The van der Waals surface area contributed by atoms with Crippen molar-refractivity contribution in [2.45, 2.75) is 0 Å². The van der Waals surface area contributed by atoms with Gasteiger partial charge in [-0.2, -0.15) is 0 Å². The topological polar surface area (TPSA) is 77.0 Å². The first-order valence-electron chi connectivity index (χ1n) is 3.96. The lowest BCUT2D eigenvalue weighted by Crippen LogP contribution is -1.91. The van der Waals surface area contributed by atoms with Crippen LogP contribution >= 0.6 is 23.2 Å². The summed E-state index contributed by atoms with van der Waals surface area (Å²) in [6, 6.07) is 5.16. The normalized spacial score (nSPS) is 10.3. The van der Waals surface area contributed by atoms with Crippen LogP contribution in [0.25, 0.3) is 0 Å². The number of rotatable bonds is 2. The highest BCUT2D eigenvalue weighted by Crippen LogP contribution is 2.27. The number of halogens is 2. The number of aromatic nitrogens is 2. The smallest absolute Gasteiger partial charge is 0.321 e. The van der Waals surface area contributed by atoms with Gasteiger partial charge < -0.3 is 15.5 Å². The predicted octanol–water partition coefficient (Wildman–Crippen LogP) is 2.70. The van der Waals surface area contributed by atoms with Crippen LogP contribution in [0.4, 0.5) is 17.7 Å². The highest BCUT2D eigenvalue weighted by Gasteiger charge is 2.06. The van der Waals surface area contributed by atoms with Gasteiger partial charge in [-0.05, 0) is 18.2 Å². The molecule has 0 bridgehead atoms. The fraction of sp³-hybridized carbons (Fsp3) is 0. The molecule has 1 aromatic carbocycles. The zero-order valence-electron chi connectivity index (χ0n) is 7.37. The summed E-state index contributed by atoms with van der Waals surface area (Å²) < 4.78 is 4.93. The fourth-order valence-corrected chi connectivity index (χ4v) is 1.45. The van der Waals surface area contributed by atoms with Crippen molar-refractivity contribution < 1.29 is 4.42 Å². The minimum absolute atomic E-state index is 0.0115. The number of nitrogens with one attached hydrogen (secondary N) is 1. The molecule has 15 heavy (non-hydrogen) atoms. The Kier molecular flexibility index (Phi) is 2.66. The van der Waals surface area contributed by atoms with Gasteiger partial charge >= 0.3 is 12.0 Å². The maximum Gasteiger partial charge on any atom is 0.321 e. The summed E-state index contributed by atoms with van der Waals surface area (Å²) >= 11 is 11.7. The molecule has 7 heteroatoms. The first-order valence-corrected chi connectivity index (χ1v) is 4.72. The SMILES string of the molecule is Nc1nnc(Nc2ccc(Cl)cc2Cl)o1. The number of nitrogens with two attached hydrogens (primary N) is 1. The van der Waals surface area contributed by atoms with Crippen LogP contribution in [0.15, 0.2) is 22.6 Å². The van der Waals surface area contributed by atoms with Gasteiger partial charge in [0, 0.05) is 5.02 Å². The van der Waals surface area contributed by atoms with Gasteiger partial charge in [-0.25, -0.2) is 0 Å². The highest BCUT2D eigenvalue weighted by molar-refractivity contribution is 6.36. The van der Waals surface area contributed by atoms with Crippen LogP contribution in [0.2, 0.25) is 10.0 Å². The minimum atomic E-state index is -0.0115. The fourth-order valence-electron chi connectivity index (χ4n) is 0.991. The summed E-state index contributed by atoms with van der Waals surface area (Å²) in [6.07, 6.45) is 0. The van der Waals surface area contributed by atoms with E-state index in [9.17, 15) is 0 Å². The van der Waals surface area contributed by atoms with Crippen LogP contribution in [0, 0.1) is 0 Å². The van der Waals surface area contributed by atoms with E-state index < -0.39 is 0 Å². The molecule has 0 fully saturated rings. The van der Waals surface area contributed by atoms with Crippen molar-refractivity contribution in [3.63, 3.8) is 0 Å². The third-order valence-electron chi connectivity index (χ3n) is 1.61. The van der Waals surface area contributed by atoms with Crippen molar-refractivity contribution in [1.82, 2.24) is 10.2 Å². The van der Waals surface area contributed by atoms with Crippen LogP contribution in [0.1, 0.15) is 0 Å². The summed E-state index contributed by atoms with van der Waals surface area (Å²) in [6.45, 7) is 0. The Bertz CT molecular complexity index is 485. The van der Waals surface area contributed by atoms with Gasteiger partial charge in [0.25, 0.3) is 0 Å². The second-order valence-corrected chi connectivity index (χ2v) is 3.54. The van der Waals surface area contributed by atoms with Crippen LogP contribution in [0.3, 0.4) is 0 Å². The summed E-state index contributed by atoms with van der Waals surface area (Å²) in [5.74, 6) is 0. The Balaban J connectivity index is 2.24. The predicted molar refractivity (Wildman–Crippen MR) is 58.5 cm³/mol. The maximum absolute atomic E-state index is 5.92. The summed E-state index contributed by atoms with van der Waals surface area (Å²) in [5.41, 5.74) is 5.88. The summed E-state index contributed by atoms with van der Waals surface area (Å²) in [4.78, 5) is 0. The molecule has 0 spiro atoms. The molecule has 2 rings (SSSR count). The number of nitrogens with zero attached hydrogens (tertiary/aromatic N) is 2. The van der Waals surface area contributed by atoms with Gasteiger partial charge in [0.1, 0.15) is 0 Å². The largest absolute Gasteiger partial charge is 0.389 e. The Labute approximate surface area is 95.2 Å². The molecule has 0 amide bonds. The van der Waals surface area contributed by atoms with Gasteiger partial charge in [0.15, 0.2) is 0 Å². The average Bonchev–Trinajstić information content (AvgIpc) is 2.56. The van der Waals surface area contributed by atoms with Crippen molar-refractivity contribution >= 4 is 40.9 Å². The highest BCUT2D eigenvalue weighted by atomic mass is 35.5. The lowest BCUT2D eigenvalue weighted by atomic mass is 10.3. The number of benzene rings is 1. The lowest BCUT2D eigenvalue weighted by molar-refractivity contribution is 0.593. The number of hydrogen-bond donors (Lipinski definition) is 2. The van der Waals surface area contributed by atoms with E-state index in [0.29, 0.717) is 15.7 Å². The number of anilines is 3. The van der Waals surface area contributed by atoms with Crippen molar-refractivity contribution in [3.8, 4) is 0 Å². The minimum Gasteiger partial charge on any atom is -0.389 e. The monoisotopic (exact) mass is 244 g/mol. The summed E-state index contributed by atoms with van der Waals surface area (Å²) in [5, 5.41) is 10.9. The third kappa shape index (κ3) is 2.31. The standard InChI is InChI=1S/C8H6Cl2N4O/c9-4-1-2-6(5(10)3-4)12-8-14-13-7(11)15-8/h1-3H,(H2,11,13)(H,12,14). The van der Waals surface area contributed by atoms with E-state index in [2.05, 4.69) is 15.5 Å². The molecule has 0 saturated carbocycles. The second-order valence-electron chi connectivity index (χ2n) is 2.69. The van der Waals surface area contributed by atoms with Gasteiger partial charge in [-0.15, -0.1) is 0 Å². The van der Waals surface area contributed by atoms with Crippen molar-refractivity contribution in [2.24, 2.45) is 0 Å². The molecule has 5 nitrogen and oxygen atoms in total. The molecule has 2 aromatic rings. The summed E-state index contributed by atoms with van der Waals surface area (Å²) in [7, 11) is 0. The molecular formula is C8H6Cl2N4O. The molecule has 0 radical (unpaired) electrons. The van der Waals surface area contributed by atoms with Crippen LogP contribution in [-0.2, 0) is 0 Å². The Morgan fingerprint density at radius 1 is 1.27 bits per heavy atom. The molecule has 1 aromatic heterocycles. The van der Waals surface area contributed by atoms with Crippen LogP contribution in [0.5, 0.6) is 0 Å². The molecule has 78 valence electrons. The van der Waals surface area contributed by atoms with E-state index >= 15 is 0 Å². The van der Waals surface area contributed by atoms with E-state index in [1.165, 1.54) is 0 Å². The Morgan fingerprint density at radius 2 is 2.07 bits per heavy atom. The van der Waals surface area contributed by atoms with Gasteiger partial charge in [0.05, 0.1) is 10.7 Å². The molecule has 0 aliphatic rings. The molecule has 1 heterocycles. The molecular weight excluding hydrogens is 239 g/mol. The number of hydrogen-bond acceptors (Lipinski definition) is 5. The molecule has 0 saturated heterocycles. The Morgan fingerprint density at radius 3 is 2.67 bits per heavy atom. The zero-order chi connectivity index (χ0) is 10.8. The van der Waals surface area contributed by atoms with E-state index in [-0.39, 0.29) is 12.0 Å². The van der Waals surface area contributed by atoms with E-state index in [1.807, 2.05) is 0 Å². The van der Waals surface area contributed by atoms with Gasteiger partial charge in [-0.3, -0.25) is 0 Å². The molecule has 0 atom stereocenters. The van der Waals surface area contributed by atoms with Crippen molar-refractivity contribution in [3.05, 3.63) is 28.2 Å². The lowest BCUT2D eigenvalue weighted by Gasteiger charge is -2.03.